The van der Waals surface area contributed by atoms with Crippen molar-refractivity contribution in [3.63, 3.8) is 0 Å². The molecule has 7 heteroatoms. The summed E-state index contributed by atoms with van der Waals surface area (Å²) in [5, 5.41) is 1.03. The molecule has 2 aromatic carbocycles. The van der Waals surface area contributed by atoms with Crippen LogP contribution in [0.4, 0.5) is 0 Å². The summed E-state index contributed by atoms with van der Waals surface area (Å²) < 4.78 is 24.1. The number of fused-ring (bicyclic) bond motifs is 1. The van der Waals surface area contributed by atoms with E-state index in [-0.39, 0.29) is 17.9 Å². The lowest BCUT2D eigenvalue weighted by Crippen LogP contribution is -2.45. The Morgan fingerprint density at radius 1 is 1.00 bits per heavy atom. The van der Waals surface area contributed by atoms with Crippen molar-refractivity contribution in [1.29, 1.82) is 0 Å². The molecule has 0 unspecified atom stereocenters. The first-order valence-corrected chi connectivity index (χ1v) is 14.4. The van der Waals surface area contributed by atoms with Gasteiger partial charge >= 0.3 is 0 Å². The molecule has 3 aromatic rings. The van der Waals surface area contributed by atoms with E-state index >= 15 is 0 Å². The van der Waals surface area contributed by atoms with Gasteiger partial charge < -0.3 is 23.8 Å². The highest BCUT2D eigenvalue weighted by Crippen LogP contribution is 2.32. The largest absolute Gasteiger partial charge is 0.493 e. The van der Waals surface area contributed by atoms with Gasteiger partial charge in [-0.1, -0.05) is 31.5 Å². The number of hydrogen-bond donors (Lipinski definition) is 0. The number of ether oxygens (including phenoxy) is 4. The van der Waals surface area contributed by atoms with Gasteiger partial charge in [0.15, 0.2) is 0 Å². The zero-order valence-electron chi connectivity index (χ0n) is 23.2. The maximum Gasteiger partial charge on any atom is 0.225 e. The fourth-order valence-electron chi connectivity index (χ4n) is 5.35. The second-order valence-corrected chi connectivity index (χ2v) is 10.5. The number of carbonyl (C=O) groups is 1. The Bertz CT molecular complexity index is 1250. The predicted molar refractivity (Wildman–Crippen MR) is 151 cm³/mol. The van der Waals surface area contributed by atoms with E-state index in [0.29, 0.717) is 26.4 Å². The van der Waals surface area contributed by atoms with Crippen molar-refractivity contribution < 1.29 is 23.7 Å². The van der Waals surface area contributed by atoms with Crippen LogP contribution in [0.15, 0.2) is 48.5 Å². The molecule has 0 spiro atoms. The number of amides is 1. The number of para-hydroxylation sites is 1. The quantitative estimate of drug-likeness (QED) is 0.294. The van der Waals surface area contributed by atoms with Gasteiger partial charge in [-0.2, -0.15) is 0 Å². The molecule has 0 bridgehead atoms. The van der Waals surface area contributed by atoms with E-state index in [1.165, 1.54) is 0 Å². The van der Waals surface area contributed by atoms with Crippen LogP contribution in [0.5, 0.6) is 17.2 Å². The Hall–Kier alpha value is -3.32. The van der Waals surface area contributed by atoms with E-state index in [0.717, 1.165) is 91.0 Å². The number of carbonyl (C=O) groups excluding carboxylic acids is 1. The molecule has 208 valence electrons. The molecular formula is C32H40N2O5. The summed E-state index contributed by atoms with van der Waals surface area (Å²) >= 11 is 0. The Morgan fingerprint density at radius 3 is 2.56 bits per heavy atom. The second kappa shape index (κ2) is 13.2. The topological polar surface area (TPSA) is 70.1 Å². The molecule has 0 atom stereocenters. The van der Waals surface area contributed by atoms with Crippen molar-refractivity contribution in [3.05, 3.63) is 59.8 Å². The molecule has 7 nitrogen and oxygen atoms in total. The molecule has 2 saturated heterocycles. The van der Waals surface area contributed by atoms with E-state index in [1.807, 2.05) is 47.4 Å². The Labute approximate surface area is 231 Å². The van der Waals surface area contributed by atoms with E-state index in [9.17, 15) is 4.79 Å². The summed E-state index contributed by atoms with van der Waals surface area (Å²) in [6, 6.07) is 15.9. The average Bonchev–Trinajstić information content (AvgIpc) is 2.98. The number of rotatable bonds is 10. The minimum Gasteiger partial charge on any atom is -0.493 e. The molecule has 2 aliphatic rings. The smallest absolute Gasteiger partial charge is 0.225 e. The average molecular weight is 533 g/mol. The molecule has 1 aromatic heterocycles. The van der Waals surface area contributed by atoms with Crippen molar-refractivity contribution in [3.8, 4) is 17.2 Å². The highest BCUT2D eigenvalue weighted by Gasteiger charge is 2.30. The van der Waals surface area contributed by atoms with Gasteiger partial charge in [0.2, 0.25) is 5.91 Å². The highest BCUT2D eigenvalue weighted by molar-refractivity contribution is 5.86. The zero-order chi connectivity index (χ0) is 27.0. The van der Waals surface area contributed by atoms with Crippen LogP contribution in [-0.2, 0) is 16.1 Å². The minimum atomic E-state index is 0.0891. The van der Waals surface area contributed by atoms with Crippen LogP contribution in [0.25, 0.3) is 10.9 Å². The summed E-state index contributed by atoms with van der Waals surface area (Å²) in [5.41, 5.74) is 2.79. The van der Waals surface area contributed by atoms with Gasteiger partial charge in [-0.25, -0.2) is 4.98 Å². The van der Waals surface area contributed by atoms with Crippen LogP contribution in [-0.4, -0.2) is 54.8 Å². The first-order valence-electron chi connectivity index (χ1n) is 14.4. The number of aromatic nitrogens is 1. The van der Waals surface area contributed by atoms with Crippen LogP contribution >= 0.6 is 0 Å². The molecule has 0 aliphatic carbocycles. The van der Waals surface area contributed by atoms with Gasteiger partial charge in [-0.05, 0) is 50.5 Å². The molecule has 0 saturated carbocycles. The number of unbranched alkanes of at least 4 members (excludes halogenated alkanes) is 1. The van der Waals surface area contributed by atoms with E-state index in [1.54, 1.807) is 0 Å². The Balaban J connectivity index is 1.18. The fourth-order valence-corrected chi connectivity index (χ4v) is 5.35. The van der Waals surface area contributed by atoms with Crippen LogP contribution in [0.1, 0.15) is 56.7 Å². The van der Waals surface area contributed by atoms with Gasteiger partial charge in [0.25, 0.3) is 0 Å². The lowest BCUT2D eigenvalue weighted by molar-refractivity contribution is -0.140. The third kappa shape index (κ3) is 6.82. The summed E-state index contributed by atoms with van der Waals surface area (Å²) in [6.45, 7) is 8.12. The van der Waals surface area contributed by atoms with E-state index < -0.39 is 0 Å². The van der Waals surface area contributed by atoms with E-state index in [4.69, 9.17) is 23.9 Å². The number of likely N-dealkylation sites (tertiary alicyclic amines) is 1. The first kappa shape index (κ1) is 27.3. The molecular weight excluding hydrogens is 492 g/mol. The Kier molecular flexibility index (Phi) is 9.19. The van der Waals surface area contributed by atoms with Gasteiger partial charge in [-0.3, -0.25) is 4.79 Å². The fraction of sp³-hybridized carbons (Fsp3) is 0.500. The van der Waals surface area contributed by atoms with Crippen molar-refractivity contribution in [2.75, 3.05) is 32.9 Å². The van der Waals surface area contributed by atoms with Crippen molar-refractivity contribution >= 4 is 16.8 Å². The summed E-state index contributed by atoms with van der Waals surface area (Å²) in [5.74, 6) is 2.82. The van der Waals surface area contributed by atoms with Gasteiger partial charge in [0.1, 0.15) is 30.0 Å². The van der Waals surface area contributed by atoms with Crippen molar-refractivity contribution in [1.82, 2.24) is 9.88 Å². The van der Waals surface area contributed by atoms with Gasteiger partial charge in [0.05, 0.1) is 17.8 Å². The number of hydrogen-bond acceptors (Lipinski definition) is 6. The summed E-state index contributed by atoms with van der Waals surface area (Å²) in [6.07, 6.45) is 5.53. The minimum absolute atomic E-state index is 0.0891. The lowest BCUT2D eigenvalue weighted by atomic mass is 9.97. The second-order valence-electron chi connectivity index (χ2n) is 10.5. The van der Waals surface area contributed by atoms with Crippen molar-refractivity contribution in [2.45, 2.75) is 65.1 Å². The number of pyridine rings is 1. The molecule has 0 N–H and O–H groups in total. The maximum absolute atomic E-state index is 12.8. The number of benzene rings is 2. The molecule has 39 heavy (non-hydrogen) atoms. The number of nitrogens with zero attached hydrogens (tertiary/aromatic N) is 2. The molecule has 2 fully saturated rings. The number of piperidine rings is 1. The van der Waals surface area contributed by atoms with Crippen LogP contribution in [0.3, 0.4) is 0 Å². The highest BCUT2D eigenvalue weighted by atomic mass is 16.5. The normalized spacial score (nSPS) is 16.8. The standard InChI is InChI=1S/C32H40N2O5/c1-3-4-18-37-31-23(2)30(33-29-11-6-5-10-28(29)31)22-38-26-8-7-9-27(21-26)39-25-12-16-34(17-13-25)32(35)24-14-19-36-20-15-24/h5-11,21,24-25H,3-4,12-20,22H2,1-2H3. The predicted octanol–water partition coefficient (Wildman–Crippen LogP) is 6.10. The maximum atomic E-state index is 12.8. The monoisotopic (exact) mass is 532 g/mol. The van der Waals surface area contributed by atoms with E-state index in [2.05, 4.69) is 19.9 Å². The first-order chi connectivity index (χ1) is 19.1. The van der Waals surface area contributed by atoms with Crippen LogP contribution in [0.2, 0.25) is 0 Å². The Morgan fingerprint density at radius 2 is 1.77 bits per heavy atom. The molecule has 5 rings (SSSR count). The molecule has 2 aliphatic heterocycles. The lowest BCUT2D eigenvalue weighted by Gasteiger charge is -2.35. The zero-order valence-corrected chi connectivity index (χ0v) is 23.2. The molecule has 3 heterocycles. The van der Waals surface area contributed by atoms with Gasteiger partial charge in [0, 0.05) is 62.1 Å². The summed E-state index contributed by atoms with van der Waals surface area (Å²) in [7, 11) is 0. The van der Waals surface area contributed by atoms with Gasteiger partial charge in [-0.15, -0.1) is 0 Å². The SMILES string of the molecule is CCCCOc1c(C)c(COc2cccc(OC3CCN(C(=O)C4CCOCC4)CC3)c2)nc2ccccc12. The molecule has 0 radical (unpaired) electrons. The van der Waals surface area contributed by atoms with Crippen LogP contribution < -0.4 is 14.2 Å². The van der Waals surface area contributed by atoms with Crippen LogP contribution in [0, 0.1) is 12.8 Å². The van der Waals surface area contributed by atoms with Crippen molar-refractivity contribution in [2.24, 2.45) is 5.92 Å². The summed E-state index contributed by atoms with van der Waals surface area (Å²) in [4.78, 5) is 19.7. The third-order valence-corrected chi connectivity index (χ3v) is 7.73. The third-order valence-electron chi connectivity index (χ3n) is 7.73. The molecule has 1 amide bonds.